The Balaban J connectivity index is 1.79. The Kier molecular flexibility index (Phi) is 4.45. The van der Waals surface area contributed by atoms with Crippen LogP contribution in [0.4, 0.5) is 10.5 Å². The summed E-state index contributed by atoms with van der Waals surface area (Å²) in [5, 5.41) is 20.5. The number of nitrogens with zero attached hydrogens (tertiary/aromatic N) is 2. The number of aromatic nitrogens is 1. The van der Waals surface area contributed by atoms with E-state index < -0.39 is 11.0 Å². The molecule has 1 heterocycles. The standard InChI is InChI=1S/C19H16N2O5/c1-12-9-15(10-13(2)18(12)22)14-7-8-20(11-14)19(23)26-17-5-3-16(4-6-17)21(24)25/h3-11,22H,1-2H3. The fourth-order valence-corrected chi connectivity index (χ4v) is 2.59. The molecule has 0 aliphatic heterocycles. The maximum atomic E-state index is 12.2. The first-order chi connectivity index (χ1) is 12.3. The molecule has 0 radical (unpaired) electrons. The topological polar surface area (TPSA) is 94.6 Å². The fourth-order valence-electron chi connectivity index (χ4n) is 2.59. The van der Waals surface area contributed by atoms with Crippen LogP contribution in [-0.4, -0.2) is 20.7 Å². The van der Waals surface area contributed by atoms with Gasteiger partial charge in [-0.1, -0.05) is 0 Å². The number of aromatic hydroxyl groups is 1. The minimum absolute atomic E-state index is 0.0777. The van der Waals surface area contributed by atoms with Gasteiger partial charge in [-0.05, 0) is 66.4 Å². The molecule has 0 aliphatic carbocycles. The molecular weight excluding hydrogens is 336 g/mol. The first-order valence-electron chi connectivity index (χ1n) is 7.80. The summed E-state index contributed by atoms with van der Waals surface area (Å²) in [6, 6.07) is 10.7. The molecule has 2 aromatic carbocycles. The molecule has 0 atom stereocenters. The number of nitro groups is 1. The van der Waals surface area contributed by atoms with Crippen molar-refractivity contribution in [2.45, 2.75) is 13.8 Å². The van der Waals surface area contributed by atoms with Crippen molar-refractivity contribution in [2.75, 3.05) is 0 Å². The summed E-state index contributed by atoms with van der Waals surface area (Å²) in [6.45, 7) is 3.62. The second-order valence-electron chi connectivity index (χ2n) is 5.89. The number of non-ortho nitro benzene ring substituents is 1. The molecule has 0 aliphatic rings. The predicted octanol–water partition coefficient (Wildman–Crippen LogP) is 4.43. The van der Waals surface area contributed by atoms with Gasteiger partial charge in [0.25, 0.3) is 5.69 Å². The minimum atomic E-state index is -0.627. The zero-order valence-electron chi connectivity index (χ0n) is 14.2. The number of benzene rings is 2. The predicted molar refractivity (Wildman–Crippen MR) is 95.5 cm³/mol. The molecule has 7 heteroatoms. The Morgan fingerprint density at radius 3 is 2.27 bits per heavy atom. The van der Waals surface area contributed by atoms with E-state index in [1.807, 2.05) is 26.0 Å². The molecule has 1 N–H and O–H groups in total. The first-order valence-corrected chi connectivity index (χ1v) is 7.80. The molecule has 3 aromatic rings. The van der Waals surface area contributed by atoms with Gasteiger partial charge in [-0.3, -0.25) is 14.7 Å². The number of carbonyl (C=O) groups is 1. The zero-order chi connectivity index (χ0) is 18.8. The summed E-state index contributed by atoms with van der Waals surface area (Å²) in [5.41, 5.74) is 3.10. The van der Waals surface area contributed by atoms with E-state index in [1.54, 1.807) is 18.5 Å². The Labute approximate surface area is 149 Å². The van der Waals surface area contributed by atoms with Gasteiger partial charge in [0.05, 0.1) is 4.92 Å². The molecule has 0 fully saturated rings. The van der Waals surface area contributed by atoms with Crippen molar-refractivity contribution in [3.8, 4) is 22.6 Å². The highest BCUT2D eigenvalue weighted by atomic mass is 16.6. The molecule has 0 bridgehead atoms. The number of ether oxygens (including phenoxy) is 1. The molecule has 0 saturated heterocycles. The zero-order valence-corrected chi connectivity index (χ0v) is 14.2. The smallest absolute Gasteiger partial charge is 0.423 e. The van der Waals surface area contributed by atoms with Crippen molar-refractivity contribution in [1.29, 1.82) is 0 Å². The van der Waals surface area contributed by atoms with Crippen molar-refractivity contribution < 1.29 is 19.6 Å². The van der Waals surface area contributed by atoms with Crippen LogP contribution in [-0.2, 0) is 0 Å². The lowest BCUT2D eigenvalue weighted by molar-refractivity contribution is -0.384. The van der Waals surface area contributed by atoms with Crippen molar-refractivity contribution in [3.63, 3.8) is 0 Å². The highest BCUT2D eigenvalue weighted by Crippen LogP contribution is 2.29. The molecule has 3 rings (SSSR count). The van der Waals surface area contributed by atoms with Gasteiger partial charge in [0.2, 0.25) is 0 Å². The number of phenolic OH excluding ortho intramolecular Hbond substituents is 1. The number of carbonyl (C=O) groups excluding carboxylic acids is 1. The Morgan fingerprint density at radius 2 is 1.69 bits per heavy atom. The Bertz CT molecular complexity index is 966. The lowest BCUT2D eigenvalue weighted by Crippen LogP contribution is -2.14. The molecule has 7 nitrogen and oxygen atoms in total. The van der Waals surface area contributed by atoms with Crippen LogP contribution in [0.3, 0.4) is 0 Å². The van der Waals surface area contributed by atoms with E-state index in [0.29, 0.717) is 0 Å². The normalized spacial score (nSPS) is 10.5. The van der Waals surface area contributed by atoms with Gasteiger partial charge >= 0.3 is 6.09 Å². The summed E-state index contributed by atoms with van der Waals surface area (Å²) < 4.78 is 6.50. The lowest BCUT2D eigenvalue weighted by Gasteiger charge is -2.07. The SMILES string of the molecule is Cc1cc(-c2ccn(C(=O)Oc3ccc([N+](=O)[O-])cc3)c2)cc(C)c1O. The second-order valence-corrected chi connectivity index (χ2v) is 5.89. The van der Waals surface area contributed by atoms with Crippen LogP contribution in [0.15, 0.2) is 54.9 Å². The largest absolute Gasteiger partial charge is 0.507 e. The maximum Gasteiger partial charge on any atom is 0.423 e. The van der Waals surface area contributed by atoms with Gasteiger partial charge in [0.1, 0.15) is 11.5 Å². The second kappa shape index (κ2) is 6.72. The van der Waals surface area contributed by atoms with E-state index in [9.17, 15) is 20.0 Å². The number of nitro benzene ring substituents is 1. The average molecular weight is 352 g/mol. The molecule has 0 unspecified atom stereocenters. The first kappa shape index (κ1) is 17.2. The summed E-state index contributed by atoms with van der Waals surface area (Å²) in [7, 11) is 0. The molecule has 1 aromatic heterocycles. The van der Waals surface area contributed by atoms with Crippen LogP contribution < -0.4 is 4.74 Å². The van der Waals surface area contributed by atoms with Gasteiger partial charge in [0, 0.05) is 24.5 Å². The fraction of sp³-hybridized carbons (Fsp3) is 0.105. The van der Waals surface area contributed by atoms with Crippen LogP contribution in [0, 0.1) is 24.0 Å². The minimum Gasteiger partial charge on any atom is -0.507 e. The third kappa shape index (κ3) is 3.41. The highest BCUT2D eigenvalue weighted by Gasteiger charge is 2.12. The molecule has 26 heavy (non-hydrogen) atoms. The Hall–Kier alpha value is -3.61. The molecule has 132 valence electrons. The number of phenols is 1. The van der Waals surface area contributed by atoms with Crippen molar-refractivity contribution >= 4 is 11.8 Å². The number of hydrogen-bond donors (Lipinski definition) is 1. The molecular formula is C19H16N2O5. The van der Waals surface area contributed by atoms with Crippen molar-refractivity contribution in [1.82, 2.24) is 4.57 Å². The van der Waals surface area contributed by atoms with E-state index in [1.165, 1.54) is 28.8 Å². The van der Waals surface area contributed by atoms with E-state index in [0.717, 1.165) is 22.3 Å². The number of aryl methyl sites for hydroxylation is 2. The Morgan fingerprint density at radius 1 is 1.08 bits per heavy atom. The van der Waals surface area contributed by atoms with E-state index in [-0.39, 0.29) is 17.2 Å². The average Bonchev–Trinajstić information content (AvgIpc) is 3.10. The molecule has 0 saturated carbocycles. The monoisotopic (exact) mass is 352 g/mol. The highest BCUT2D eigenvalue weighted by molar-refractivity contribution is 5.76. The summed E-state index contributed by atoms with van der Waals surface area (Å²) >= 11 is 0. The molecule has 0 amide bonds. The summed E-state index contributed by atoms with van der Waals surface area (Å²) in [4.78, 5) is 22.4. The number of rotatable bonds is 3. The van der Waals surface area contributed by atoms with Crippen LogP contribution in [0.5, 0.6) is 11.5 Å². The van der Waals surface area contributed by atoms with E-state index in [4.69, 9.17) is 4.74 Å². The number of hydrogen-bond acceptors (Lipinski definition) is 5. The summed E-state index contributed by atoms with van der Waals surface area (Å²) in [6.07, 6.45) is 2.57. The van der Waals surface area contributed by atoms with Crippen LogP contribution in [0.25, 0.3) is 11.1 Å². The molecule has 0 spiro atoms. The van der Waals surface area contributed by atoms with Gasteiger partial charge < -0.3 is 9.84 Å². The third-order valence-electron chi connectivity index (χ3n) is 3.98. The van der Waals surface area contributed by atoms with Crippen LogP contribution >= 0.6 is 0 Å². The van der Waals surface area contributed by atoms with Gasteiger partial charge in [-0.2, -0.15) is 0 Å². The quantitative estimate of drug-likeness (QED) is 0.556. The van der Waals surface area contributed by atoms with Crippen molar-refractivity contribution in [2.24, 2.45) is 0 Å². The third-order valence-corrected chi connectivity index (χ3v) is 3.98. The van der Waals surface area contributed by atoms with E-state index in [2.05, 4.69) is 0 Å². The van der Waals surface area contributed by atoms with Crippen LogP contribution in [0.1, 0.15) is 11.1 Å². The van der Waals surface area contributed by atoms with Gasteiger partial charge in [0.15, 0.2) is 0 Å². The maximum absolute atomic E-state index is 12.2. The van der Waals surface area contributed by atoms with Crippen molar-refractivity contribution in [3.05, 3.63) is 76.1 Å². The summed E-state index contributed by atoms with van der Waals surface area (Å²) in [5.74, 6) is 0.470. The van der Waals surface area contributed by atoms with E-state index >= 15 is 0 Å². The van der Waals surface area contributed by atoms with Gasteiger partial charge in [-0.25, -0.2) is 4.79 Å². The lowest BCUT2D eigenvalue weighted by atomic mass is 10.0. The van der Waals surface area contributed by atoms with Crippen LogP contribution in [0.2, 0.25) is 0 Å². The van der Waals surface area contributed by atoms with Gasteiger partial charge in [-0.15, -0.1) is 0 Å².